The molecule has 0 bridgehead atoms. The van der Waals surface area contributed by atoms with Crippen LogP contribution in [-0.4, -0.2) is 36.1 Å². The van der Waals surface area contributed by atoms with Crippen molar-refractivity contribution in [3.63, 3.8) is 0 Å². The van der Waals surface area contributed by atoms with Gasteiger partial charge in [0.2, 0.25) is 20.0 Å². The molecule has 1 aromatic carbocycles. The summed E-state index contributed by atoms with van der Waals surface area (Å²) in [6.07, 6.45) is 0.591. The molecule has 3 N–H and O–H groups in total. The Morgan fingerprint density at radius 1 is 1.21 bits per heavy atom. The number of hydrogen-bond acceptors (Lipinski definition) is 5. The summed E-state index contributed by atoms with van der Waals surface area (Å²) < 4.78 is 54.1. The van der Waals surface area contributed by atoms with Gasteiger partial charge in [-0.3, -0.25) is 0 Å². The third-order valence-electron chi connectivity index (χ3n) is 2.70. The summed E-state index contributed by atoms with van der Waals surface area (Å²) in [5, 5.41) is 4.97. The van der Waals surface area contributed by atoms with Crippen molar-refractivity contribution in [2.24, 2.45) is 5.14 Å². The minimum Gasteiger partial charge on any atom is -0.380 e. The highest BCUT2D eigenvalue weighted by Gasteiger charge is 2.24. The quantitative estimate of drug-likeness (QED) is 0.770. The topological polar surface area (TPSA) is 116 Å². The number of hydrogen-bond donors (Lipinski definition) is 2. The van der Waals surface area contributed by atoms with Gasteiger partial charge in [-0.2, -0.15) is 0 Å². The lowest BCUT2D eigenvalue weighted by molar-refractivity contribution is 0.192. The van der Waals surface area contributed by atoms with E-state index in [4.69, 9.17) is 9.88 Å². The van der Waals surface area contributed by atoms with Gasteiger partial charge in [-0.25, -0.2) is 26.7 Å². The largest absolute Gasteiger partial charge is 0.380 e. The van der Waals surface area contributed by atoms with Gasteiger partial charge in [0.05, 0.1) is 16.4 Å². The number of nitrogens with one attached hydrogen (secondary N) is 1. The Morgan fingerprint density at radius 2 is 1.89 bits per heavy atom. The summed E-state index contributed by atoms with van der Waals surface area (Å²) >= 11 is 0. The van der Waals surface area contributed by atoms with Crippen molar-refractivity contribution in [2.75, 3.05) is 13.2 Å². The van der Waals surface area contributed by atoms with Crippen LogP contribution in [0.5, 0.6) is 0 Å². The second-order valence-electron chi connectivity index (χ2n) is 4.20. The zero-order valence-corrected chi connectivity index (χ0v) is 11.6. The van der Waals surface area contributed by atoms with Crippen LogP contribution in [0.15, 0.2) is 34.1 Å². The molecule has 1 saturated heterocycles. The first-order valence-corrected chi connectivity index (χ1v) is 8.55. The maximum atomic E-state index is 12.1. The van der Waals surface area contributed by atoms with Crippen molar-refractivity contribution < 1.29 is 21.6 Å². The number of ether oxygens (including phenoxy) is 1. The van der Waals surface area contributed by atoms with Gasteiger partial charge in [-0.1, -0.05) is 6.07 Å². The maximum Gasteiger partial charge on any atom is 0.240 e. The third kappa shape index (κ3) is 3.51. The minimum atomic E-state index is -3.93. The second kappa shape index (κ2) is 5.17. The van der Waals surface area contributed by atoms with E-state index in [1.807, 2.05) is 0 Å². The van der Waals surface area contributed by atoms with Crippen LogP contribution in [0, 0.1) is 0 Å². The van der Waals surface area contributed by atoms with Gasteiger partial charge in [0, 0.05) is 12.6 Å². The van der Waals surface area contributed by atoms with Crippen molar-refractivity contribution in [1.82, 2.24) is 4.72 Å². The fourth-order valence-corrected chi connectivity index (χ4v) is 3.67. The minimum absolute atomic E-state index is 0.133. The van der Waals surface area contributed by atoms with E-state index in [2.05, 4.69) is 4.72 Å². The van der Waals surface area contributed by atoms with E-state index in [9.17, 15) is 16.8 Å². The molecule has 0 amide bonds. The van der Waals surface area contributed by atoms with Gasteiger partial charge in [0.25, 0.3) is 0 Å². The summed E-state index contributed by atoms with van der Waals surface area (Å²) in [4.78, 5) is -0.371. The molecule has 7 nitrogen and oxygen atoms in total. The Kier molecular flexibility index (Phi) is 3.92. The van der Waals surface area contributed by atoms with Gasteiger partial charge in [-0.15, -0.1) is 0 Å². The first-order chi connectivity index (χ1) is 8.79. The van der Waals surface area contributed by atoms with Crippen LogP contribution in [0.3, 0.4) is 0 Å². The normalized spacial score (nSPS) is 20.6. The van der Waals surface area contributed by atoms with Gasteiger partial charge >= 0.3 is 0 Å². The first kappa shape index (κ1) is 14.4. The first-order valence-electron chi connectivity index (χ1n) is 5.52. The maximum absolute atomic E-state index is 12.1. The summed E-state index contributed by atoms with van der Waals surface area (Å²) in [6, 6.07) is 4.63. The molecule has 1 aromatic rings. The Morgan fingerprint density at radius 3 is 2.47 bits per heavy atom. The average molecular weight is 306 g/mol. The molecule has 1 heterocycles. The smallest absolute Gasteiger partial charge is 0.240 e. The molecule has 1 unspecified atom stereocenters. The van der Waals surface area contributed by atoms with E-state index in [1.54, 1.807) is 0 Å². The molecule has 0 aromatic heterocycles. The molecule has 1 fully saturated rings. The molecule has 0 spiro atoms. The fourth-order valence-electron chi connectivity index (χ4n) is 1.73. The monoisotopic (exact) mass is 306 g/mol. The predicted octanol–water partition coefficient (Wildman–Crippen LogP) is -0.599. The Hall–Kier alpha value is -1.00. The molecule has 106 valence electrons. The van der Waals surface area contributed by atoms with Crippen LogP contribution >= 0.6 is 0 Å². The van der Waals surface area contributed by atoms with E-state index in [0.717, 1.165) is 6.07 Å². The molecule has 2 rings (SSSR count). The number of benzene rings is 1. The second-order valence-corrected chi connectivity index (χ2v) is 7.48. The number of rotatable bonds is 4. The highest BCUT2D eigenvalue weighted by Crippen LogP contribution is 2.16. The average Bonchev–Trinajstić information content (AvgIpc) is 2.80. The van der Waals surface area contributed by atoms with Crippen molar-refractivity contribution in [1.29, 1.82) is 0 Å². The molecule has 0 aliphatic carbocycles. The summed E-state index contributed by atoms with van der Waals surface area (Å²) in [5.74, 6) is 0. The molecule has 0 saturated carbocycles. The molecule has 0 radical (unpaired) electrons. The van der Waals surface area contributed by atoms with Gasteiger partial charge in [-0.05, 0) is 24.6 Å². The van der Waals surface area contributed by atoms with E-state index in [1.165, 1.54) is 18.2 Å². The summed E-state index contributed by atoms with van der Waals surface area (Å²) in [5.41, 5.74) is 0. The molecule has 19 heavy (non-hydrogen) atoms. The van der Waals surface area contributed by atoms with Crippen molar-refractivity contribution >= 4 is 20.0 Å². The van der Waals surface area contributed by atoms with Gasteiger partial charge in [0.15, 0.2) is 0 Å². The number of sulfonamides is 2. The van der Waals surface area contributed by atoms with E-state index in [-0.39, 0.29) is 15.8 Å². The van der Waals surface area contributed by atoms with Crippen molar-refractivity contribution in [3.05, 3.63) is 24.3 Å². The lowest BCUT2D eigenvalue weighted by Crippen LogP contribution is -2.35. The van der Waals surface area contributed by atoms with Crippen LogP contribution in [0.2, 0.25) is 0 Å². The van der Waals surface area contributed by atoms with Gasteiger partial charge in [0.1, 0.15) is 0 Å². The predicted molar refractivity (Wildman–Crippen MR) is 67.4 cm³/mol. The Balaban J connectivity index is 2.30. The molecular weight excluding hydrogens is 292 g/mol. The molecule has 1 atom stereocenters. The molecule has 9 heteroatoms. The number of primary sulfonamides is 1. The van der Waals surface area contributed by atoms with Crippen LogP contribution in [-0.2, 0) is 24.8 Å². The summed E-state index contributed by atoms with van der Waals surface area (Å²) in [7, 11) is -7.71. The van der Waals surface area contributed by atoms with Crippen molar-refractivity contribution in [3.8, 4) is 0 Å². The fraction of sp³-hybridized carbons (Fsp3) is 0.400. The molecular formula is C10H14N2O5S2. The lowest BCUT2D eigenvalue weighted by Gasteiger charge is -2.11. The van der Waals surface area contributed by atoms with Crippen LogP contribution in [0.25, 0.3) is 0 Å². The SMILES string of the molecule is NS(=O)(=O)c1cccc(S(=O)(=O)NC2CCOC2)c1. The van der Waals surface area contributed by atoms with Crippen molar-refractivity contribution in [2.45, 2.75) is 22.3 Å². The third-order valence-corrected chi connectivity index (χ3v) is 5.13. The summed E-state index contributed by atoms with van der Waals surface area (Å²) in [6.45, 7) is 0.818. The zero-order chi connectivity index (χ0) is 14.1. The van der Waals surface area contributed by atoms with E-state index >= 15 is 0 Å². The number of nitrogens with two attached hydrogens (primary N) is 1. The van der Waals surface area contributed by atoms with E-state index in [0.29, 0.717) is 19.6 Å². The van der Waals surface area contributed by atoms with Crippen LogP contribution < -0.4 is 9.86 Å². The standard InChI is InChI=1S/C10H14N2O5S2/c11-18(13,14)9-2-1-3-10(6-9)19(15,16)12-8-4-5-17-7-8/h1-3,6,8,12H,4-5,7H2,(H2,11,13,14). The Bertz CT molecular complexity index is 663. The Labute approximate surface area is 111 Å². The van der Waals surface area contributed by atoms with Crippen LogP contribution in [0.1, 0.15) is 6.42 Å². The van der Waals surface area contributed by atoms with Crippen LogP contribution in [0.4, 0.5) is 0 Å². The van der Waals surface area contributed by atoms with Gasteiger partial charge < -0.3 is 4.74 Å². The highest BCUT2D eigenvalue weighted by molar-refractivity contribution is 7.90. The zero-order valence-electron chi connectivity index (χ0n) is 9.94. The highest BCUT2D eigenvalue weighted by atomic mass is 32.2. The molecule has 1 aliphatic heterocycles. The van der Waals surface area contributed by atoms with E-state index < -0.39 is 20.0 Å². The molecule has 1 aliphatic rings. The lowest BCUT2D eigenvalue weighted by atomic mass is 10.3.